The Kier molecular flexibility index (Phi) is 5.50. The lowest BCUT2D eigenvalue weighted by Gasteiger charge is -2.14. The van der Waals surface area contributed by atoms with E-state index in [1.807, 2.05) is 18.2 Å². The summed E-state index contributed by atoms with van der Waals surface area (Å²) in [7, 11) is -5.01. The van der Waals surface area contributed by atoms with E-state index in [1.54, 1.807) is 60.4 Å². The zero-order valence-corrected chi connectivity index (χ0v) is 23.0. The van der Waals surface area contributed by atoms with E-state index in [2.05, 4.69) is 14.7 Å². The Morgan fingerprint density at radius 2 is 1.56 bits per heavy atom. The molecular weight excluding hydrogens is 538 g/mol. The van der Waals surface area contributed by atoms with Crippen molar-refractivity contribution >= 4 is 47.6 Å². The van der Waals surface area contributed by atoms with E-state index in [-0.39, 0.29) is 11.5 Å². The number of anilines is 1. The number of hydrogen-bond acceptors (Lipinski definition) is 7. The van der Waals surface area contributed by atoms with Crippen molar-refractivity contribution in [3.05, 3.63) is 83.0 Å². The first-order valence-corrected chi connectivity index (χ1v) is 15.9. The SMILES string of the molecule is Cn1c(=O)n(-c2ccc(C3(S(C)(=O)=O)CC3)cc2)c2c3cc(-c4ccc(NS(C)(=O)=O)nc4)ccc3ncc21. The van der Waals surface area contributed by atoms with Crippen LogP contribution in [0.1, 0.15) is 18.4 Å². The number of imidazole rings is 1. The van der Waals surface area contributed by atoms with Gasteiger partial charge in [-0.15, -0.1) is 0 Å². The van der Waals surface area contributed by atoms with Crippen molar-refractivity contribution in [3.63, 3.8) is 0 Å². The van der Waals surface area contributed by atoms with Crippen molar-refractivity contribution in [3.8, 4) is 16.8 Å². The Bertz CT molecular complexity index is 2060. The van der Waals surface area contributed by atoms with E-state index in [9.17, 15) is 21.6 Å². The van der Waals surface area contributed by atoms with E-state index < -0.39 is 24.6 Å². The van der Waals surface area contributed by atoms with Gasteiger partial charge < -0.3 is 0 Å². The minimum atomic E-state index is -3.44. The molecule has 0 radical (unpaired) electrons. The van der Waals surface area contributed by atoms with Gasteiger partial charge in [0.1, 0.15) is 5.82 Å². The van der Waals surface area contributed by atoms with Gasteiger partial charge in [-0.25, -0.2) is 26.6 Å². The van der Waals surface area contributed by atoms with Crippen molar-refractivity contribution in [1.29, 1.82) is 0 Å². The first kappa shape index (κ1) is 25.3. The summed E-state index contributed by atoms with van der Waals surface area (Å²) < 4.78 is 52.4. The summed E-state index contributed by atoms with van der Waals surface area (Å²) in [6.07, 6.45) is 6.77. The fourth-order valence-electron chi connectivity index (χ4n) is 5.13. The van der Waals surface area contributed by atoms with E-state index >= 15 is 0 Å². The zero-order valence-electron chi connectivity index (χ0n) is 21.4. The number of sulfonamides is 1. The molecule has 200 valence electrons. The smallest absolute Gasteiger partial charge is 0.293 e. The number of rotatable bonds is 6. The molecule has 1 aliphatic carbocycles. The Hall–Kier alpha value is -4.03. The number of nitrogens with one attached hydrogen (secondary N) is 1. The second kappa shape index (κ2) is 8.48. The Morgan fingerprint density at radius 3 is 2.15 bits per heavy atom. The molecule has 39 heavy (non-hydrogen) atoms. The van der Waals surface area contributed by atoms with Gasteiger partial charge in [-0.05, 0) is 60.4 Å². The number of benzene rings is 2. The zero-order chi connectivity index (χ0) is 27.7. The molecule has 0 atom stereocenters. The minimum absolute atomic E-state index is 0.218. The van der Waals surface area contributed by atoms with Gasteiger partial charge in [-0.2, -0.15) is 0 Å². The van der Waals surface area contributed by atoms with E-state index in [0.29, 0.717) is 35.1 Å². The molecule has 0 spiro atoms. The van der Waals surface area contributed by atoms with E-state index in [1.165, 1.54) is 10.8 Å². The average Bonchev–Trinajstić information content (AvgIpc) is 3.66. The molecular formula is C27H25N5O5S2. The van der Waals surface area contributed by atoms with Gasteiger partial charge >= 0.3 is 5.69 Å². The molecule has 2 aromatic carbocycles. The first-order chi connectivity index (χ1) is 18.4. The molecule has 1 saturated carbocycles. The lowest BCUT2D eigenvalue weighted by Crippen LogP contribution is -2.21. The topological polar surface area (TPSA) is 133 Å². The summed E-state index contributed by atoms with van der Waals surface area (Å²) in [4.78, 5) is 22.2. The van der Waals surface area contributed by atoms with Crippen LogP contribution in [0.5, 0.6) is 0 Å². The summed E-state index contributed by atoms with van der Waals surface area (Å²) in [5, 5.41) is 0.750. The molecule has 6 rings (SSSR count). The highest BCUT2D eigenvalue weighted by molar-refractivity contribution is 7.92. The second-order valence-corrected chi connectivity index (χ2v) is 14.1. The minimum Gasteiger partial charge on any atom is -0.293 e. The molecule has 1 fully saturated rings. The third-order valence-electron chi connectivity index (χ3n) is 7.34. The highest BCUT2D eigenvalue weighted by Crippen LogP contribution is 2.52. The normalized spacial score (nSPS) is 15.1. The van der Waals surface area contributed by atoms with Crippen molar-refractivity contribution in [2.45, 2.75) is 17.6 Å². The van der Waals surface area contributed by atoms with Crippen LogP contribution in [-0.2, 0) is 31.7 Å². The van der Waals surface area contributed by atoms with Gasteiger partial charge in [-0.1, -0.05) is 18.2 Å². The van der Waals surface area contributed by atoms with Crippen LogP contribution in [0.2, 0.25) is 0 Å². The number of aromatic nitrogens is 4. The summed E-state index contributed by atoms with van der Waals surface area (Å²) >= 11 is 0. The Balaban J connectivity index is 1.49. The summed E-state index contributed by atoms with van der Waals surface area (Å²) in [6.45, 7) is 0. The number of fused-ring (bicyclic) bond motifs is 3. The molecule has 10 nitrogen and oxygen atoms in total. The van der Waals surface area contributed by atoms with Crippen LogP contribution in [0.15, 0.2) is 71.8 Å². The molecule has 0 unspecified atom stereocenters. The third-order valence-corrected chi connectivity index (χ3v) is 9.98. The fourth-order valence-corrected chi connectivity index (χ4v) is 7.04. The van der Waals surface area contributed by atoms with Crippen molar-refractivity contribution in [1.82, 2.24) is 19.1 Å². The Morgan fingerprint density at radius 1 is 0.872 bits per heavy atom. The molecule has 0 bridgehead atoms. The molecule has 3 heterocycles. The number of hydrogen-bond donors (Lipinski definition) is 1. The summed E-state index contributed by atoms with van der Waals surface area (Å²) in [6, 6.07) is 16.2. The van der Waals surface area contributed by atoms with Crippen LogP contribution in [-0.4, -0.2) is 48.4 Å². The van der Waals surface area contributed by atoms with Crippen LogP contribution in [0.25, 0.3) is 38.8 Å². The van der Waals surface area contributed by atoms with Gasteiger partial charge in [0.2, 0.25) is 10.0 Å². The number of aryl methyl sites for hydroxylation is 1. The lowest BCUT2D eigenvalue weighted by molar-refractivity contribution is 0.586. The molecule has 1 N–H and O–H groups in total. The second-order valence-electron chi connectivity index (χ2n) is 10.0. The highest BCUT2D eigenvalue weighted by atomic mass is 32.2. The van der Waals surface area contributed by atoms with Crippen LogP contribution >= 0.6 is 0 Å². The maximum absolute atomic E-state index is 13.4. The summed E-state index contributed by atoms with van der Waals surface area (Å²) in [5.74, 6) is 0.218. The van der Waals surface area contributed by atoms with Crippen molar-refractivity contribution < 1.29 is 16.8 Å². The largest absolute Gasteiger partial charge is 0.333 e. The van der Waals surface area contributed by atoms with Crippen LogP contribution in [0.3, 0.4) is 0 Å². The predicted octanol–water partition coefficient (Wildman–Crippen LogP) is 3.34. The summed E-state index contributed by atoms with van der Waals surface area (Å²) in [5.41, 5.74) is 4.70. The monoisotopic (exact) mass is 563 g/mol. The quantitative estimate of drug-likeness (QED) is 0.335. The van der Waals surface area contributed by atoms with Crippen LogP contribution < -0.4 is 10.4 Å². The van der Waals surface area contributed by atoms with Gasteiger partial charge in [0, 0.05) is 30.4 Å². The number of sulfone groups is 1. The van der Waals surface area contributed by atoms with Gasteiger partial charge in [0.05, 0.1) is 39.4 Å². The first-order valence-electron chi connectivity index (χ1n) is 12.1. The van der Waals surface area contributed by atoms with Gasteiger partial charge in [0.25, 0.3) is 0 Å². The number of pyridine rings is 2. The predicted molar refractivity (Wildman–Crippen MR) is 151 cm³/mol. The maximum atomic E-state index is 13.4. The van der Waals surface area contributed by atoms with E-state index in [0.717, 1.165) is 28.3 Å². The van der Waals surface area contributed by atoms with E-state index in [4.69, 9.17) is 0 Å². The molecule has 0 amide bonds. The molecule has 0 aliphatic heterocycles. The standard InChI is InChI=1S/C27H25N5O5S2/c1-31-23-16-28-22-10-4-17(18-5-11-24(29-15-18)30-39(3,36)37)14-21(22)25(23)32(26(31)33)20-8-6-19(7-9-20)27(12-13-27)38(2,34)35/h4-11,14-16H,12-13H2,1-3H3,(H,29,30). The Labute approximate surface area is 224 Å². The fraction of sp³-hybridized carbons (Fsp3) is 0.222. The molecule has 0 saturated heterocycles. The van der Waals surface area contributed by atoms with Crippen molar-refractivity contribution in [2.75, 3.05) is 17.2 Å². The molecule has 5 aromatic rings. The molecule has 3 aromatic heterocycles. The number of nitrogens with zero attached hydrogens (tertiary/aromatic N) is 4. The maximum Gasteiger partial charge on any atom is 0.333 e. The van der Waals surface area contributed by atoms with Crippen LogP contribution in [0, 0.1) is 0 Å². The third kappa shape index (κ3) is 4.20. The molecule has 12 heteroatoms. The average molecular weight is 564 g/mol. The lowest BCUT2D eigenvalue weighted by atomic mass is 10.0. The van der Waals surface area contributed by atoms with Gasteiger partial charge in [-0.3, -0.25) is 18.8 Å². The van der Waals surface area contributed by atoms with Gasteiger partial charge in [0.15, 0.2) is 9.84 Å². The highest BCUT2D eigenvalue weighted by Gasteiger charge is 2.53. The molecule has 1 aliphatic rings. The van der Waals surface area contributed by atoms with Crippen LogP contribution in [0.4, 0.5) is 5.82 Å². The van der Waals surface area contributed by atoms with Crippen molar-refractivity contribution in [2.24, 2.45) is 7.05 Å².